The molecule has 0 spiro atoms. The van der Waals surface area contributed by atoms with Crippen LogP contribution in [0.4, 0.5) is 0 Å². The van der Waals surface area contributed by atoms with E-state index in [2.05, 4.69) is 15.9 Å². The number of hydrogen-bond acceptors (Lipinski definition) is 3. The number of aryl methyl sites for hydroxylation is 1. The summed E-state index contributed by atoms with van der Waals surface area (Å²) in [5, 5.41) is 8.64. The van der Waals surface area contributed by atoms with Crippen LogP contribution in [-0.4, -0.2) is 11.1 Å². The van der Waals surface area contributed by atoms with Gasteiger partial charge in [0, 0.05) is 4.88 Å². The molecule has 0 amide bonds. The van der Waals surface area contributed by atoms with Gasteiger partial charge < -0.3 is 10.8 Å². The molecule has 0 aliphatic carbocycles. The van der Waals surface area contributed by atoms with Crippen LogP contribution in [0.3, 0.4) is 0 Å². The molecule has 1 atom stereocenters. The van der Waals surface area contributed by atoms with Gasteiger partial charge in [-0.15, -0.1) is 11.3 Å². The predicted octanol–water partition coefficient (Wildman–Crippen LogP) is 1.90. The smallest absolute Gasteiger partial charge is 0.325 e. The highest BCUT2D eigenvalue weighted by molar-refractivity contribution is 9.11. The molecule has 3 N–H and O–H groups in total. The van der Waals surface area contributed by atoms with E-state index in [0.29, 0.717) is 4.88 Å². The number of hydrogen-bond donors (Lipinski definition) is 2. The third-order valence-corrected chi connectivity index (χ3v) is 3.30. The van der Waals surface area contributed by atoms with Crippen molar-refractivity contribution in [3.63, 3.8) is 0 Å². The highest BCUT2D eigenvalue weighted by atomic mass is 79.9. The van der Waals surface area contributed by atoms with Crippen molar-refractivity contribution in [2.75, 3.05) is 0 Å². The fourth-order valence-corrected chi connectivity index (χ4v) is 2.64. The zero-order valence-corrected chi connectivity index (χ0v) is 8.78. The summed E-state index contributed by atoms with van der Waals surface area (Å²) in [5.74, 6) is -0.993. The number of nitrogens with two attached hydrogens (primary N) is 1. The molecule has 3 nitrogen and oxygen atoms in total. The molecule has 1 aromatic rings. The van der Waals surface area contributed by atoms with E-state index in [9.17, 15) is 4.79 Å². The number of thiophene rings is 1. The van der Waals surface area contributed by atoms with E-state index < -0.39 is 12.0 Å². The molecule has 0 bridgehead atoms. The Balaban J connectivity index is 3.02. The lowest BCUT2D eigenvalue weighted by Crippen LogP contribution is -2.20. The molecule has 0 aliphatic rings. The van der Waals surface area contributed by atoms with E-state index in [0.717, 1.165) is 9.35 Å². The number of carboxylic acids is 1. The maximum Gasteiger partial charge on any atom is 0.325 e. The molecule has 66 valence electrons. The first-order chi connectivity index (χ1) is 5.52. The molecular weight excluding hydrogens is 242 g/mol. The lowest BCUT2D eigenvalue weighted by atomic mass is 10.2. The zero-order valence-electron chi connectivity index (χ0n) is 6.37. The summed E-state index contributed by atoms with van der Waals surface area (Å²) in [5.41, 5.74) is 6.36. The fraction of sp³-hybridized carbons (Fsp3) is 0.286. The largest absolute Gasteiger partial charge is 0.480 e. The topological polar surface area (TPSA) is 63.3 Å². The third-order valence-electron chi connectivity index (χ3n) is 1.47. The van der Waals surface area contributed by atoms with Gasteiger partial charge in [-0.05, 0) is 34.5 Å². The molecular formula is C7H8BrNO2S. The SMILES string of the molecule is Cc1cc(Br)sc1C(N)C(=O)O. The molecule has 1 heterocycles. The molecule has 0 fully saturated rings. The monoisotopic (exact) mass is 249 g/mol. The van der Waals surface area contributed by atoms with Crippen LogP contribution in [0.2, 0.25) is 0 Å². The molecule has 0 aromatic carbocycles. The zero-order chi connectivity index (χ0) is 9.30. The summed E-state index contributed by atoms with van der Waals surface area (Å²) in [4.78, 5) is 11.2. The van der Waals surface area contributed by atoms with Crippen molar-refractivity contribution in [2.24, 2.45) is 5.73 Å². The summed E-state index contributed by atoms with van der Waals surface area (Å²) >= 11 is 4.63. The average Bonchev–Trinajstić information content (AvgIpc) is 2.28. The maximum atomic E-state index is 10.5. The molecule has 1 aromatic heterocycles. The second kappa shape index (κ2) is 3.55. The minimum Gasteiger partial charge on any atom is -0.480 e. The average molecular weight is 250 g/mol. The van der Waals surface area contributed by atoms with Crippen LogP contribution in [0.1, 0.15) is 16.5 Å². The van der Waals surface area contributed by atoms with Gasteiger partial charge in [0.05, 0.1) is 3.79 Å². The first kappa shape index (κ1) is 9.70. The Bertz CT molecular complexity index is 310. The van der Waals surface area contributed by atoms with Gasteiger partial charge in [0.2, 0.25) is 0 Å². The van der Waals surface area contributed by atoms with Gasteiger partial charge >= 0.3 is 5.97 Å². The molecule has 0 saturated carbocycles. The third kappa shape index (κ3) is 1.85. The standard InChI is InChI=1S/C7H8BrNO2S/c1-3-2-4(8)12-6(3)5(9)7(10)11/h2,5H,9H2,1H3,(H,10,11). The molecule has 0 radical (unpaired) electrons. The van der Waals surface area contributed by atoms with Crippen molar-refractivity contribution < 1.29 is 9.90 Å². The first-order valence-corrected chi connectivity index (χ1v) is 4.87. The van der Waals surface area contributed by atoms with E-state index in [-0.39, 0.29) is 0 Å². The van der Waals surface area contributed by atoms with Gasteiger partial charge in [-0.25, -0.2) is 0 Å². The van der Waals surface area contributed by atoms with Crippen LogP contribution in [0.5, 0.6) is 0 Å². The van der Waals surface area contributed by atoms with Crippen molar-refractivity contribution in [1.82, 2.24) is 0 Å². The molecule has 0 saturated heterocycles. The first-order valence-electron chi connectivity index (χ1n) is 3.26. The summed E-state index contributed by atoms with van der Waals surface area (Å²) in [6.45, 7) is 1.85. The van der Waals surface area contributed by atoms with E-state index in [4.69, 9.17) is 10.8 Å². The molecule has 1 rings (SSSR count). The van der Waals surface area contributed by atoms with Crippen LogP contribution in [0.25, 0.3) is 0 Å². The van der Waals surface area contributed by atoms with Crippen LogP contribution < -0.4 is 5.73 Å². The summed E-state index contributed by atoms with van der Waals surface area (Å²) in [6, 6.07) is 0.962. The van der Waals surface area contributed by atoms with Gasteiger partial charge in [0.25, 0.3) is 0 Å². The van der Waals surface area contributed by atoms with E-state index in [1.807, 2.05) is 13.0 Å². The van der Waals surface area contributed by atoms with Crippen molar-refractivity contribution in [1.29, 1.82) is 0 Å². The van der Waals surface area contributed by atoms with Crippen LogP contribution in [0.15, 0.2) is 9.85 Å². The van der Waals surface area contributed by atoms with Crippen molar-refractivity contribution in [3.8, 4) is 0 Å². The minimum absolute atomic E-state index is 0.703. The lowest BCUT2D eigenvalue weighted by Gasteiger charge is -2.03. The predicted molar refractivity (Wildman–Crippen MR) is 51.3 cm³/mol. The fourth-order valence-electron chi connectivity index (χ4n) is 0.877. The molecule has 1 unspecified atom stereocenters. The highest BCUT2D eigenvalue weighted by Crippen LogP contribution is 2.30. The van der Waals surface area contributed by atoms with Gasteiger partial charge in [-0.3, -0.25) is 4.79 Å². The van der Waals surface area contributed by atoms with Gasteiger partial charge in [-0.2, -0.15) is 0 Å². The molecule has 12 heavy (non-hydrogen) atoms. The quantitative estimate of drug-likeness (QED) is 0.842. The van der Waals surface area contributed by atoms with Crippen molar-refractivity contribution in [2.45, 2.75) is 13.0 Å². The Hall–Kier alpha value is -0.390. The number of aliphatic carboxylic acids is 1. The second-order valence-corrected chi connectivity index (χ2v) is 4.88. The summed E-state index contributed by atoms with van der Waals surface area (Å²) in [6.07, 6.45) is 0. The lowest BCUT2D eigenvalue weighted by molar-refractivity contribution is -0.138. The van der Waals surface area contributed by atoms with Crippen LogP contribution >= 0.6 is 27.3 Å². The van der Waals surface area contributed by atoms with Gasteiger partial charge in [0.15, 0.2) is 0 Å². The Morgan fingerprint density at radius 2 is 2.42 bits per heavy atom. The molecule has 5 heteroatoms. The highest BCUT2D eigenvalue weighted by Gasteiger charge is 2.18. The minimum atomic E-state index is -0.993. The van der Waals surface area contributed by atoms with Gasteiger partial charge in [-0.1, -0.05) is 0 Å². The Kier molecular flexibility index (Phi) is 2.87. The Morgan fingerprint density at radius 3 is 2.75 bits per heavy atom. The Labute approximate surface area is 82.3 Å². The number of carbonyl (C=O) groups is 1. The number of halogens is 1. The summed E-state index contributed by atoms with van der Waals surface area (Å²) in [7, 11) is 0. The van der Waals surface area contributed by atoms with Gasteiger partial charge in [0.1, 0.15) is 6.04 Å². The van der Waals surface area contributed by atoms with E-state index in [1.54, 1.807) is 0 Å². The van der Waals surface area contributed by atoms with Crippen molar-refractivity contribution >= 4 is 33.2 Å². The van der Waals surface area contributed by atoms with Crippen LogP contribution in [-0.2, 0) is 4.79 Å². The van der Waals surface area contributed by atoms with E-state index >= 15 is 0 Å². The van der Waals surface area contributed by atoms with E-state index in [1.165, 1.54) is 11.3 Å². The molecule has 0 aliphatic heterocycles. The van der Waals surface area contributed by atoms with Crippen LogP contribution in [0, 0.1) is 6.92 Å². The summed E-state index contributed by atoms with van der Waals surface area (Å²) < 4.78 is 0.909. The maximum absolute atomic E-state index is 10.5. The Morgan fingerprint density at radius 1 is 1.83 bits per heavy atom. The van der Waals surface area contributed by atoms with Crippen molar-refractivity contribution in [3.05, 3.63) is 20.3 Å². The number of carboxylic acid groups (broad SMARTS) is 1. The normalized spacial score (nSPS) is 12.9. The number of rotatable bonds is 2. The second-order valence-electron chi connectivity index (χ2n) is 2.41.